The third-order valence-corrected chi connectivity index (χ3v) is 3.18. The topological polar surface area (TPSA) is 90.5 Å². The first-order chi connectivity index (χ1) is 12.0. The summed E-state index contributed by atoms with van der Waals surface area (Å²) in [7, 11) is 0. The fourth-order valence-electron chi connectivity index (χ4n) is 2.01. The van der Waals surface area contributed by atoms with E-state index in [1.807, 2.05) is 0 Å². The molecule has 0 radical (unpaired) electrons. The van der Waals surface area contributed by atoms with Gasteiger partial charge in [0.2, 0.25) is 5.91 Å². The summed E-state index contributed by atoms with van der Waals surface area (Å²) in [4.78, 5) is 23.6. The number of hydrogen-bond donors (Lipinski definition) is 4. The number of nitrogens with one attached hydrogen (secondary N) is 3. The van der Waals surface area contributed by atoms with Gasteiger partial charge in [0.15, 0.2) is 0 Å². The number of aliphatic hydroxyl groups excluding tert-OH is 1. The van der Waals surface area contributed by atoms with Crippen LogP contribution in [0.15, 0.2) is 42.5 Å². The lowest BCUT2D eigenvalue weighted by Crippen LogP contribution is -2.26. The lowest BCUT2D eigenvalue weighted by atomic mass is 10.2. The maximum atomic E-state index is 13.5. The van der Waals surface area contributed by atoms with Crippen molar-refractivity contribution in [1.29, 1.82) is 0 Å². The van der Waals surface area contributed by atoms with Crippen LogP contribution in [0.25, 0.3) is 0 Å². The van der Waals surface area contributed by atoms with E-state index in [0.717, 1.165) is 18.2 Å². The Balaban J connectivity index is 1.93. The van der Waals surface area contributed by atoms with Gasteiger partial charge in [-0.2, -0.15) is 0 Å². The molecule has 0 aliphatic carbocycles. The lowest BCUT2D eigenvalue weighted by Gasteiger charge is -2.10. The molecule has 132 valence electrons. The summed E-state index contributed by atoms with van der Waals surface area (Å²) >= 11 is 0. The zero-order valence-corrected chi connectivity index (χ0v) is 13.2. The number of hydrogen-bond acceptors (Lipinski definition) is 4. The minimum atomic E-state index is -0.739. The zero-order valence-electron chi connectivity index (χ0n) is 13.2. The van der Waals surface area contributed by atoms with Crippen molar-refractivity contribution in [2.45, 2.75) is 0 Å². The lowest BCUT2D eigenvalue weighted by molar-refractivity contribution is -0.114. The molecule has 0 spiro atoms. The van der Waals surface area contributed by atoms with Gasteiger partial charge in [0.05, 0.1) is 18.8 Å². The number of carbonyl (C=O) groups excluding carboxylic acids is 2. The Hall–Kier alpha value is -3.00. The Morgan fingerprint density at radius 3 is 2.64 bits per heavy atom. The highest BCUT2D eigenvalue weighted by Crippen LogP contribution is 2.15. The van der Waals surface area contributed by atoms with E-state index in [2.05, 4.69) is 16.0 Å². The average Bonchev–Trinajstić information content (AvgIpc) is 2.61. The summed E-state index contributed by atoms with van der Waals surface area (Å²) in [5.41, 5.74) is 0.616. The third-order valence-electron chi connectivity index (χ3n) is 3.18. The number of benzene rings is 2. The number of halogens is 2. The van der Waals surface area contributed by atoms with Crippen molar-refractivity contribution in [3.8, 4) is 0 Å². The Morgan fingerprint density at radius 2 is 1.88 bits per heavy atom. The summed E-state index contributed by atoms with van der Waals surface area (Å²) < 4.78 is 26.5. The van der Waals surface area contributed by atoms with Gasteiger partial charge >= 0.3 is 0 Å². The number of rotatable bonds is 7. The molecule has 2 amide bonds. The zero-order chi connectivity index (χ0) is 18.2. The van der Waals surface area contributed by atoms with Crippen LogP contribution in [0.2, 0.25) is 0 Å². The van der Waals surface area contributed by atoms with Crippen LogP contribution < -0.4 is 16.0 Å². The minimum absolute atomic E-state index is 0.137. The van der Waals surface area contributed by atoms with E-state index in [4.69, 9.17) is 5.11 Å². The second-order valence-electron chi connectivity index (χ2n) is 5.09. The minimum Gasteiger partial charge on any atom is -0.395 e. The van der Waals surface area contributed by atoms with Crippen LogP contribution in [0, 0.1) is 11.6 Å². The summed E-state index contributed by atoms with van der Waals surface area (Å²) in [6.45, 7) is -0.226. The summed E-state index contributed by atoms with van der Waals surface area (Å²) in [5, 5.41) is 16.3. The van der Waals surface area contributed by atoms with Gasteiger partial charge in [-0.15, -0.1) is 0 Å². The number of anilines is 2. The molecule has 0 bridgehead atoms. The monoisotopic (exact) mass is 349 g/mol. The second kappa shape index (κ2) is 8.74. The highest BCUT2D eigenvalue weighted by Gasteiger charge is 2.09. The van der Waals surface area contributed by atoms with Crippen LogP contribution in [0.3, 0.4) is 0 Å². The van der Waals surface area contributed by atoms with Gasteiger partial charge in [-0.3, -0.25) is 9.59 Å². The molecule has 2 aromatic carbocycles. The van der Waals surface area contributed by atoms with Crippen LogP contribution in [0.5, 0.6) is 0 Å². The number of carbonyl (C=O) groups is 2. The van der Waals surface area contributed by atoms with Gasteiger partial charge in [0.1, 0.15) is 11.6 Å². The van der Waals surface area contributed by atoms with Gasteiger partial charge in [0.25, 0.3) is 5.91 Å². The average molecular weight is 349 g/mol. The molecule has 25 heavy (non-hydrogen) atoms. The fraction of sp³-hybridized carbons (Fsp3) is 0.176. The van der Waals surface area contributed by atoms with Crippen molar-refractivity contribution >= 4 is 23.2 Å². The standard InChI is InChI=1S/C17H17F2N3O3/c18-12-4-5-14(19)15(9-12)22-16(24)10-21-13-3-1-2-11(8-13)17(25)20-6-7-23/h1-5,8-9,21,23H,6-7,10H2,(H,20,25)(H,22,24). The molecule has 2 aromatic rings. The molecule has 4 N–H and O–H groups in total. The van der Waals surface area contributed by atoms with E-state index in [9.17, 15) is 18.4 Å². The van der Waals surface area contributed by atoms with Crippen molar-refractivity contribution in [3.05, 3.63) is 59.7 Å². The van der Waals surface area contributed by atoms with Gasteiger partial charge in [-0.1, -0.05) is 6.07 Å². The first kappa shape index (κ1) is 18.3. The molecule has 0 atom stereocenters. The summed E-state index contributed by atoms with van der Waals surface area (Å²) in [6, 6.07) is 9.16. The van der Waals surface area contributed by atoms with E-state index in [1.165, 1.54) is 6.07 Å². The van der Waals surface area contributed by atoms with E-state index in [0.29, 0.717) is 11.3 Å². The molecule has 0 heterocycles. The van der Waals surface area contributed by atoms with Crippen LogP contribution in [0.1, 0.15) is 10.4 Å². The van der Waals surface area contributed by atoms with Crippen LogP contribution in [-0.4, -0.2) is 36.6 Å². The van der Waals surface area contributed by atoms with Crippen LogP contribution in [-0.2, 0) is 4.79 Å². The smallest absolute Gasteiger partial charge is 0.251 e. The van der Waals surface area contributed by atoms with Gasteiger partial charge in [-0.05, 0) is 30.3 Å². The SMILES string of the molecule is O=C(CNc1cccc(C(=O)NCCO)c1)Nc1cc(F)ccc1F. The molecular weight excluding hydrogens is 332 g/mol. The highest BCUT2D eigenvalue weighted by atomic mass is 19.1. The van der Waals surface area contributed by atoms with Crippen LogP contribution in [0.4, 0.5) is 20.2 Å². The van der Waals surface area contributed by atoms with Gasteiger partial charge in [-0.25, -0.2) is 8.78 Å². The Morgan fingerprint density at radius 1 is 1.08 bits per heavy atom. The first-order valence-electron chi connectivity index (χ1n) is 7.47. The second-order valence-corrected chi connectivity index (χ2v) is 5.09. The molecule has 0 saturated carbocycles. The quantitative estimate of drug-likeness (QED) is 0.613. The van der Waals surface area contributed by atoms with E-state index < -0.39 is 17.5 Å². The highest BCUT2D eigenvalue weighted by molar-refractivity contribution is 5.96. The first-order valence-corrected chi connectivity index (χ1v) is 7.47. The van der Waals surface area contributed by atoms with Crippen molar-refractivity contribution in [2.24, 2.45) is 0 Å². The molecule has 0 saturated heterocycles. The Kier molecular flexibility index (Phi) is 6.41. The molecule has 6 nitrogen and oxygen atoms in total. The predicted octanol–water partition coefficient (Wildman–Crippen LogP) is 1.74. The molecule has 0 aliphatic heterocycles. The predicted molar refractivity (Wildman–Crippen MR) is 89.3 cm³/mol. The normalized spacial score (nSPS) is 10.2. The van der Waals surface area contributed by atoms with Crippen molar-refractivity contribution in [1.82, 2.24) is 5.32 Å². The molecule has 2 rings (SSSR count). The maximum Gasteiger partial charge on any atom is 0.251 e. The molecule has 0 fully saturated rings. The largest absolute Gasteiger partial charge is 0.395 e. The molecule has 0 unspecified atom stereocenters. The van der Waals surface area contributed by atoms with E-state index in [1.54, 1.807) is 18.2 Å². The fourth-order valence-corrected chi connectivity index (χ4v) is 2.01. The number of amides is 2. The summed E-state index contributed by atoms with van der Waals surface area (Å²) in [6.07, 6.45) is 0. The van der Waals surface area contributed by atoms with Gasteiger partial charge in [0, 0.05) is 23.9 Å². The van der Waals surface area contributed by atoms with E-state index in [-0.39, 0.29) is 31.3 Å². The maximum absolute atomic E-state index is 13.5. The molecule has 0 aromatic heterocycles. The van der Waals surface area contributed by atoms with Crippen molar-refractivity contribution in [3.63, 3.8) is 0 Å². The Bertz CT molecular complexity index is 769. The third kappa shape index (κ3) is 5.54. The van der Waals surface area contributed by atoms with Crippen LogP contribution >= 0.6 is 0 Å². The number of aliphatic hydroxyl groups is 1. The van der Waals surface area contributed by atoms with E-state index >= 15 is 0 Å². The van der Waals surface area contributed by atoms with Gasteiger partial charge < -0.3 is 21.1 Å². The Labute approximate surface area is 142 Å². The van der Waals surface area contributed by atoms with Crippen molar-refractivity contribution < 1.29 is 23.5 Å². The molecule has 0 aliphatic rings. The van der Waals surface area contributed by atoms with Crippen molar-refractivity contribution in [2.75, 3.05) is 30.3 Å². The summed E-state index contributed by atoms with van der Waals surface area (Å²) in [5.74, 6) is -2.33. The molecule has 8 heteroatoms. The molecular formula is C17H17F2N3O3.